The minimum atomic E-state index is -1.89. The molecule has 0 bridgehead atoms. The van der Waals surface area contributed by atoms with Gasteiger partial charge in [-0.1, -0.05) is 148 Å². The summed E-state index contributed by atoms with van der Waals surface area (Å²) in [7, 11) is -3.92. The molecule has 2 aliphatic rings. The van der Waals surface area contributed by atoms with Gasteiger partial charge in [0.1, 0.15) is 8.07 Å². The summed E-state index contributed by atoms with van der Waals surface area (Å²) in [6.45, 7) is 15.5. The van der Waals surface area contributed by atoms with Gasteiger partial charge < -0.3 is 0 Å². The van der Waals surface area contributed by atoms with Gasteiger partial charge in [-0.3, -0.25) is 0 Å². The van der Waals surface area contributed by atoms with E-state index in [0.717, 1.165) is 22.9 Å². The molecule has 0 heterocycles. The quantitative estimate of drug-likeness (QED) is 0.325. The van der Waals surface area contributed by atoms with Crippen LogP contribution in [0.15, 0.2) is 60.7 Å². The molecule has 2 fully saturated rings. The molecule has 0 spiro atoms. The van der Waals surface area contributed by atoms with Gasteiger partial charge in [-0.25, -0.2) is 0 Å². The molecule has 0 aromatic heterocycles. The molecule has 3 heteroatoms. The van der Waals surface area contributed by atoms with Crippen molar-refractivity contribution in [1.82, 2.24) is 0 Å². The second-order valence-electron chi connectivity index (χ2n) is 13.9. The molecule has 2 saturated carbocycles. The first-order valence-electron chi connectivity index (χ1n) is 13.7. The molecule has 4 rings (SSSR count). The molecule has 180 valence electrons. The zero-order valence-corrected chi connectivity index (χ0v) is 25.2. The highest BCUT2D eigenvalue weighted by atomic mass is 28.3. The summed E-state index contributed by atoms with van der Waals surface area (Å²) in [6, 6.07) is 27.0. The van der Waals surface area contributed by atoms with Crippen molar-refractivity contribution in [3.8, 4) is 0 Å². The maximum absolute atomic E-state index is 2.58. The van der Waals surface area contributed by atoms with E-state index in [1.807, 2.05) is 0 Å². The van der Waals surface area contributed by atoms with Crippen LogP contribution >= 0.6 is 0 Å². The molecule has 2 aromatic rings. The van der Waals surface area contributed by atoms with Gasteiger partial charge in [0.25, 0.3) is 0 Å². The Balaban J connectivity index is 1.76. The van der Waals surface area contributed by atoms with E-state index in [0.29, 0.717) is 0 Å². The molecule has 4 atom stereocenters. The Labute approximate surface area is 207 Å². The summed E-state index contributed by atoms with van der Waals surface area (Å²) >= 11 is 0. The van der Waals surface area contributed by atoms with Gasteiger partial charge in [-0.15, -0.1) is 0 Å². The maximum Gasteiger partial charge on any atom is 0.124 e. The molecule has 0 amide bonds. The topological polar surface area (TPSA) is 0 Å². The SMILES string of the molecule is C[Si](C)(C)CC1CCC([Si](c2ccccc2)(c2ccccc2)C2CCC(C[Si](C)(C)C)C2)C1. The van der Waals surface area contributed by atoms with E-state index in [4.69, 9.17) is 0 Å². The Morgan fingerprint density at radius 2 is 0.909 bits per heavy atom. The normalized spacial score (nSPS) is 26.6. The van der Waals surface area contributed by atoms with Crippen LogP contribution in [-0.2, 0) is 0 Å². The van der Waals surface area contributed by atoms with Crippen LogP contribution in [0.1, 0.15) is 38.5 Å². The summed E-state index contributed by atoms with van der Waals surface area (Å²) in [4.78, 5) is 0. The third-order valence-electron chi connectivity index (χ3n) is 8.68. The summed E-state index contributed by atoms with van der Waals surface area (Å²) in [5.41, 5.74) is 1.83. The minimum absolute atomic E-state index is 0.916. The van der Waals surface area contributed by atoms with Gasteiger partial charge >= 0.3 is 0 Å². The molecule has 2 aliphatic carbocycles. The zero-order chi connectivity index (χ0) is 23.7. The van der Waals surface area contributed by atoms with Crippen molar-refractivity contribution in [2.75, 3.05) is 0 Å². The van der Waals surface area contributed by atoms with Crippen molar-refractivity contribution in [3.63, 3.8) is 0 Å². The van der Waals surface area contributed by atoms with Crippen LogP contribution in [0.4, 0.5) is 0 Å². The fraction of sp³-hybridized carbons (Fsp3) is 0.600. The molecule has 2 aromatic carbocycles. The number of benzene rings is 2. The van der Waals surface area contributed by atoms with Crippen LogP contribution < -0.4 is 10.4 Å². The maximum atomic E-state index is 2.58. The van der Waals surface area contributed by atoms with Crippen molar-refractivity contribution in [3.05, 3.63) is 60.7 Å². The van der Waals surface area contributed by atoms with Gasteiger partial charge in [0.05, 0.1) is 0 Å². The lowest BCUT2D eigenvalue weighted by atomic mass is 10.1. The van der Waals surface area contributed by atoms with Crippen LogP contribution in [0.3, 0.4) is 0 Å². The average molecular weight is 493 g/mol. The van der Waals surface area contributed by atoms with Gasteiger partial charge in [0, 0.05) is 16.1 Å². The largest absolute Gasteiger partial charge is 0.124 e. The van der Waals surface area contributed by atoms with Crippen molar-refractivity contribution in [2.24, 2.45) is 11.8 Å². The van der Waals surface area contributed by atoms with Gasteiger partial charge in [-0.05, 0) is 35.8 Å². The van der Waals surface area contributed by atoms with E-state index in [2.05, 4.69) is 99.9 Å². The van der Waals surface area contributed by atoms with Crippen molar-refractivity contribution >= 4 is 34.6 Å². The highest BCUT2D eigenvalue weighted by molar-refractivity contribution is 7.04. The summed E-state index contributed by atoms with van der Waals surface area (Å²) in [5.74, 6) is 1.94. The van der Waals surface area contributed by atoms with Crippen molar-refractivity contribution < 1.29 is 0 Å². The first-order valence-corrected chi connectivity index (χ1v) is 23.3. The predicted molar refractivity (Wildman–Crippen MR) is 156 cm³/mol. The standard InChI is InChI=1S/C30H48Si3/c1-31(2,3)23-25-17-19-29(21-25)33(27-13-9-7-10-14-27,28-15-11-8-12-16-28)30-20-18-26(22-30)24-32(4,5)6/h7-16,25-26,29-30H,17-24H2,1-6H3. The van der Waals surface area contributed by atoms with Crippen LogP contribution in [0.5, 0.6) is 0 Å². The molecule has 33 heavy (non-hydrogen) atoms. The number of rotatable bonds is 8. The highest BCUT2D eigenvalue weighted by Crippen LogP contribution is 2.54. The number of hydrogen-bond acceptors (Lipinski definition) is 0. The van der Waals surface area contributed by atoms with Crippen LogP contribution in [0.2, 0.25) is 62.5 Å². The Kier molecular flexibility index (Phi) is 7.62. The van der Waals surface area contributed by atoms with Gasteiger partial charge in [0.2, 0.25) is 0 Å². The average Bonchev–Trinajstić information content (AvgIpc) is 3.38. The first kappa shape index (κ1) is 25.2. The summed E-state index contributed by atoms with van der Waals surface area (Å²) in [5, 5.41) is 3.49. The molecule has 0 saturated heterocycles. The van der Waals surface area contributed by atoms with E-state index >= 15 is 0 Å². The third kappa shape index (κ3) is 5.85. The lowest BCUT2D eigenvalue weighted by molar-refractivity contribution is 0.593. The van der Waals surface area contributed by atoms with Gasteiger partial charge in [-0.2, -0.15) is 0 Å². The lowest BCUT2D eigenvalue weighted by Gasteiger charge is -2.44. The Morgan fingerprint density at radius 3 is 1.24 bits per heavy atom. The zero-order valence-electron chi connectivity index (χ0n) is 22.2. The summed E-state index contributed by atoms with van der Waals surface area (Å²) < 4.78 is 0. The predicted octanol–water partition coefficient (Wildman–Crippen LogP) is 8.27. The molecule has 0 N–H and O–H groups in total. The third-order valence-corrected chi connectivity index (χ3v) is 18.5. The second kappa shape index (κ2) is 9.99. The molecule has 0 nitrogen and oxygen atoms in total. The van der Waals surface area contributed by atoms with E-state index in [9.17, 15) is 0 Å². The molecule has 0 radical (unpaired) electrons. The minimum Gasteiger partial charge on any atom is -0.0695 e. The van der Waals surface area contributed by atoms with Crippen LogP contribution in [0, 0.1) is 11.8 Å². The fourth-order valence-electron chi connectivity index (χ4n) is 7.95. The van der Waals surface area contributed by atoms with Crippen molar-refractivity contribution in [1.29, 1.82) is 0 Å². The van der Waals surface area contributed by atoms with E-state index < -0.39 is 24.2 Å². The Morgan fingerprint density at radius 1 is 0.545 bits per heavy atom. The molecule has 4 unspecified atom stereocenters. The van der Waals surface area contributed by atoms with E-state index in [-0.39, 0.29) is 0 Å². The molecule has 0 aliphatic heterocycles. The Hall–Kier alpha value is -0.909. The molecular formula is C30H48Si3. The number of hydrogen-bond donors (Lipinski definition) is 0. The lowest BCUT2D eigenvalue weighted by Crippen LogP contribution is -2.64. The monoisotopic (exact) mass is 492 g/mol. The fourth-order valence-corrected chi connectivity index (χ4v) is 19.2. The summed E-state index contributed by atoms with van der Waals surface area (Å²) in [6.07, 6.45) is 8.90. The first-order chi connectivity index (χ1) is 15.6. The van der Waals surface area contributed by atoms with Crippen molar-refractivity contribution in [2.45, 2.75) is 101 Å². The molecular weight excluding hydrogens is 445 g/mol. The van der Waals surface area contributed by atoms with Gasteiger partial charge in [0.15, 0.2) is 0 Å². The Bertz CT molecular complexity index is 803. The van der Waals surface area contributed by atoms with E-state index in [1.165, 1.54) is 50.6 Å². The van der Waals surface area contributed by atoms with Crippen LogP contribution in [-0.4, -0.2) is 24.2 Å². The smallest absolute Gasteiger partial charge is 0.0695 e. The highest BCUT2D eigenvalue weighted by Gasteiger charge is 2.54. The van der Waals surface area contributed by atoms with Crippen LogP contribution in [0.25, 0.3) is 0 Å². The van der Waals surface area contributed by atoms with E-state index in [1.54, 1.807) is 10.4 Å². The second-order valence-corrected chi connectivity index (χ2v) is 29.5.